The summed E-state index contributed by atoms with van der Waals surface area (Å²) >= 11 is 0. The van der Waals surface area contributed by atoms with Gasteiger partial charge in [-0.25, -0.2) is 13.2 Å². The van der Waals surface area contributed by atoms with Crippen LogP contribution in [0.25, 0.3) is 11.3 Å². The number of carbonyl (C=O) groups is 2. The van der Waals surface area contributed by atoms with E-state index in [0.29, 0.717) is 28.2 Å². The molecule has 34 heavy (non-hydrogen) atoms. The lowest BCUT2D eigenvalue weighted by Crippen LogP contribution is -2.25. The maximum absolute atomic E-state index is 13.0. The summed E-state index contributed by atoms with van der Waals surface area (Å²) in [5.74, 6) is -1.48. The van der Waals surface area contributed by atoms with Gasteiger partial charge in [0.25, 0.3) is 15.9 Å². The molecular weight excluding hydrogens is 458 g/mol. The number of sulfonamides is 1. The van der Waals surface area contributed by atoms with E-state index in [0.717, 1.165) is 10.0 Å². The van der Waals surface area contributed by atoms with E-state index in [2.05, 4.69) is 10.6 Å². The Balaban J connectivity index is 1.79. The van der Waals surface area contributed by atoms with Gasteiger partial charge in [0.05, 0.1) is 34.5 Å². The quantitative estimate of drug-likeness (QED) is 0.350. The summed E-state index contributed by atoms with van der Waals surface area (Å²) in [7, 11) is -1.25. The van der Waals surface area contributed by atoms with Crippen LogP contribution in [0.2, 0.25) is 0 Å². The SMILES string of the molecule is CON(C)S(=O)(=O)c1ccc(N/C(=C2/C(=O)Nc3cc(C(=O)O)ccc32)c2ccccc2)cc1. The first kappa shape index (κ1) is 23.2. The average Bonchev–Trinajstić information content (AvgIpc) is 3.17. The standard InChI is InChI=1S/C24H21N3O6S/c1-27(33-2)34(31,32)18-11-9-17(10-12-18)25-22(15-6-4-3-5-7-15)21-19-13-8-16(24(29)30)14-20(19)26-23(21)28/h3-14,25H,1-2H3,(H,26,28)(H,29,30)/b22-21+. The van der Waals surface area contributed by atoms with E-state index in [1.165, 1.54) is 38.4 Å². The van der Waals surface area contributed by atoms with E-state index in [1.54, 1.807) is 18.2 Å². The fourth-order valence-corrected chi connectivity index (χ4v) is 4.51. The zero-order valence-corrected chi connectivity index (χ0v) is 19.1. The van der Waals surface area contributed by atoms with Crippen LogP contribution in [0.15, 0.2) is 77.7 Å². The van der Waals surface area contributed by atoms with Crippen molar-refractivity contribution in [3.05, 3.63) is 89.5 Å². The van der Waals surface area contributed by atoms with Crippen molar-refractivity contribution in [1.29, 1.82) is 0 Å². The van der Waals surface area contributed by atoms with E-state index in [9.17, 15) is 23.1 Å². The van der Waals surface area contributed by atoms with Gasteiger partial charge in [-0.3, -0.25) is 9.63 Å². The number of hydrogen-bond donors (Lipinski definition) is 3. The molecule has 0 saturated carbocycles. The van der Waals surface area contributed by atoms with Crippen molar-refractivity contribution in [3.63, 3.8) is 0 Å². The number of amides is 1. The van der Waals surface area contributed by atoms with Crippen LogP contribution in [0.1, 0.15) is 21.5 Å². The third-order valence-electron chi connectivity index (χ3n) is 5.34. The first-order chi connectivity index (χ1) is 16.2. The number of aromatic carboxylic acids is 1. The number of rotatable bonds is 7. The first-order valence-electron chi connectivity index (χ1n) is 10.1. The normalized spacial score (nSPS) is 14.5. The molecule has 1 amide bonds. The Hall–Kier alpha value is -3.99. The van der Waals surface area contributed by atoms with Crippen LogP contribution in [0, 0.1) is 0 Å². The summed E-state index contributed by atoms with van der Waals surface area (Å²) in [5, 5.41) is 15.2. The fraction of sp³-hybridized carbons (Fsp3) is 0.0833. The number of carboxylic acid groups (broad SMARTS) is 1. The number of hydroxylamine groups is 1. The molecule has 9 nitrogen and oxygen atoms in total. The van der Waals surface area contributed by atoms with Crippen LogP contribution < -0.4 is 10.6 Å². The minimum atomic E-state index is -3.80. The van der Waals surface area contributed by atoms with Crippen molar-refractivity contribution < 1.29 is 28.0 Å². The molecule has 0 fully saturated rings. The Morgan fingerprint density at radius 3 is 2.29 bits per heavy atom. The van der Waals surface area contributed by atoms with Crippen LogP contribution in [0.5, 0.6) is 0 Å². The summed E-state index contributed by atoms with van der Waals surface area (Å²) in [6.07, 6.45) is 0. The molecule has 0 radical (unpaired) electrons. The average molecular weight is 480 g/mol. The molecule has 3 aromatic carbocycles. The maximum atomic E-state index is 13.0. The van der Waals surface area contributed by atoms with Gasteiger partial charge in [0.15, 0.2) is 0 Å². The van der Waals surface area contributed by atoms with E-state index < -0.39 is 16.0 Å². The van der Waals surface area contributed by atoms with Gasteiger partial charge in [-0.05, 0) is 42.0 Å². The molecule has 3 N–H and O–H groups in total. The van der Waals surface area contributed by atoms with E-state index >= 15 is 0 Å². The topological polar surface area (TPSA) is 125 Å². The monoisotopic (exact) mass is 479 g/mol. The molecule has 0 spiro atoms. The second kappa shape index (κ2) is 9.10. The number of hydrogen-bond acceptors (Lipinski definition) is 6. The zero-order valence-electron chi connectivity index (χ0n) is 18.3. The van der Waals surface area contributed by atoms with Gasteiger partial charge in [0.2, 0.25) is 0 Å². The minimum absolute atomic E-state index is 0.0430. The molecule has 0 aliphatic carbocycles. The summed E-state index contributed by atoms with van der Waals surface area (Å²) in [4.78, 5) is 29.1. The molecule has 1 aliphatic heterocycles. The number of fused-ring (bicyclic) bond motifs is 1. The number of carboxylic acids is 1. The van der Waals surface area contributed by atoms with Gasteiger partial charge in [-0.2, -0.15) is 0 Å². The first-order valence-corrected chi connectivity index (χ1v) is 11.6. The van der Waals surface area contributed by atoms with Gasteiger partial charge < -0.3 is 15.7 Å². The van der Waals surface area contributed by atoms with Crippen molar-refractivity contribution in [3.8, 4) is 0 Å². The number of nitrogens with one attached hydrogen (secondary N) is 2. The Morgan fingerprint density at radius 2 is 1.68 bits per heavy atom. The Bertz CT molecular complexity index is 1400. The van der Waals surface area contributed by atoms with Crippen LogP contribution >= 0.6 is 0 Å². The Morgan fingerprint density at radius 1 is 1.00 bits per heavy atom. The lowest BCUT2D eigenvalue weighted by molar-refractivity contribution is -0.110. The highest BCUT2D eigenvalue weighted by Gasteiger charge is 2.29. The fourth-order valence-electron chi connectivity index (χ4n) is 3.54. The van der Waals surface area contributed by atoms with Crippen molar-refractivity contribution in [2.45, 2.75) is 4.90 Å². The second-order valence-electron chi connectivity index (χ2n) is 7.38. The molecule has 0 unspecified atom stereocenters. The van der Waals surface area contributed by atoms with Crippen molar-refractivity contribution in [2.24, 2.45) is 0 Å². The van der Waals surface area contributed by atoms with Gasteiger partial charge in [0.1, 0.15) is 0 Å². The van der Waals surface area contributed by atoms with Gasteiger partial charge in [0, 0.05) is 18.3 Å². The summed E-state index contributed by atoms with van der Waals surface area (Å²) < 4.78 is 25.7. The molecular formula is C24H21N3O6S. The molecule has 174 valence electrons. The molecule has 3 aromatic rings. The highest BCUT2D eigenvalue weighted by atomic mass is 32.2. The van der Waals surface area contributed by atoms with Crippen LogP contribution in [-0.2, 0) is 19.7 Å². The van der Waals surface area contributed by atoms with Gasteiger partial charge in [-0.1, -0.05) is 40.9 Å². The third kappa shape index (κ3) is 4.29. The largest absolute Gasteiger partial charge is 0.478 e. The summed E-state index contributed by atoms with van der Waals surface area (Å²) in [6.45, 7) is 0. The van der Waals surface area contributed by atoms with Crippen LogP contribution in [0.4, 0.5) is 11.4 Å². The molecule has 10 heteroatoms. The van der Waals surface area contributed by atoms with E-state index in [-0.39, 0.29) is 16.4 Å². The lowest BCUT2D eigenvalue weighted by atomic mass is 9.99. The van der Waals surface area contributed by atoms with Crippen molar-refractivity contribution >= 4 is 44.5 Å². The van der Waals surface area contributed by atoms with Crippen LogP contribution in [0.3, 0.4) is 0 Å². The van der Waals surface area contributed by atoms with Crippen molar-refractivity contribution in [2.75, 3.05) is 24.8 Å². The lowest BCUT2D eigenvalue weighted by Gasteiger charge is -2.16. The van der Waals surface area contributed by atoms with Gasteiger partial charge in [-0.15, -0.1) is 0 Å². The maximum Gasteiger partial charge on any atom is 0.335 e. The predicted molar refractivity (Wildman–Crippen MR) is 127 cm³/mol. The third-order valence-corrected chi connectivity index (χ3v) is 7.03. The second-order valence-corrected chi connectivity index (χ2v) is 9.32. The van der Waals surface area contributed by atoms with E-state index in [4.69, 9.17) is 4.84 Å². The Labute approximate surface area is 196 Å². The number of nitrogens with zero attached hydrogens (tertiary/aromatic N) is 1. The zero-order chi connectivity index (χ0) is 24.5. The summed E-state index contributed by atoms with van der Waals surface area (Å²) in [6, 6.07) is 19.6. The predicted octanol–water partition coefficient (Wildman–Crippen LogP) is 3.50. The molecule has 1 aliphatic rings. The number of anilines is 2. The highest BCUT2D eigenvalue weighted by Crippen LogP contribution is 2.38. The molecule has 0 bridgehead atoms. The smallest absolute Gasteiger partial charge is 0.335 e. The van der Waals surface area contributed by atoms with Crippen molar-refractivity contribution in [1.82, 2.24) is 4.47 Å². The molecule has 4 rings (SSSR count). The molecule has 0 aromatic heterocycles. The van der Waals surface area contributed by atoms with Crippen LogP contribution in [-0.4, -0.2) is 44.0 Å². The molecule has 0 atom stereocenters. The molecule has 0 saturated heterocycles. The minimum Gasteiger partial charge on any atom is -0.478 e. The molecule has 1 heterocycles. The highest BCUT2D eigenvalue weighted by molar-refractivity contribution is 7.89. The van der Waals surface area contributed by atoms with Gasteiger partial charge >= 0.3 is 5.97 Å². The number of benzene rings is 3. The summed E-state index contributed by atoms with van der Waals surface area (Å²) in [5.41, 5.74) is 3.12. The number of carbonyl (C=O) groups excluding carboxylic acids is 1. The van der Waals surface area contributed by atoms with E-state index in [1.807, 2.05) is 30.3 Å². The Kier molecular flexibility index (Phi) is 6.20.